The lowest BCUT2D eigenvalue weighted by Gasteiger charge is -2.20. The molecule has 0 radical (unpaired) electrons. The summed E-state index contributed by atoms with van der Waals surface area (Å²) in [7, 11) is 0. The van der Waals surface area contributed by atoms with Crippen LogP contribution in [0.4, 0.5) is 0 Å². The molecule has 0 atom stereocenters. The Hall–Kier alpha value is -2.22. The van der Waals surface area contributed by atoms with Crippen LogP contribution in [0.5, 0.6) is 11.5 Å². The molecule has 114 valence electrons. The van der Waals surface area contributed by atoms with Gasteiger partial charge in [0.2, 0.25) is 0 Å². The molecule has 0 aliphatic heterocycles. The molecule has 2 N–H and O–H groups in total. The number of fused-ring (bicyclic) bond motifs is 2. The summed E-state index contributed by atoms with van der Waals surface area (Å²) in [5.74, 6) is 0.669. The maximum atomic E-state index is 10.2. The van der Waals surface area contributed by atoms with Gasteiger partial charge >= 0.3 is 0 Å². The molecule has 0 saturated carbocycles. The quantitative estimate of drug-likeness (QED) is 0.556. The number of phenolic OH excluding ortho intramolecular Hbond substituents is 2. The van der Waals surface area contributed by atoms with E-state index in [1.807, 2.05) is 39.8 Å². The number of rotatable bonds is 0. The molecule has 0 fully saturated rings. The largest absolute Gasteiger partial charge is 0.508 e. The predicted octanol–water partition coefficient (Wildman–Crippen LogP) is 5.25. The maximum absolute atomic E-state index is 10.2. The first kappa shape index (κ1) is 14.7. The Morgan fingerprint density at radius 2 is 0.818 bits per heavy atom. The molecule has 2 heteroatoms. The monoisotopic (exact) mass is 294 g/mol. The van der Waals surface area contributed by atoms with E-state index in [9.17, 15) is 10.2 Å². The van der Waals surface area contributed by atoms with Gasteiger partial charge in [0, 0.05) is 0 Å². The van der Waals surface area contributed by atoms with Gasteiger partial charge in [-0.1, -0.05) is 0 Å². The molecule has 2 nitrogen and oxygen atoms in total. The zero-order chi connectivity index (χ0) is 16.3. The first-order valence-electron chi connectivity index (χ1n) is 7.60. The smallest absolute Gasteiger partial charge is 0.119 e. The van der Waals surface area contributed by atoms with Crippen molar-refractivity contribution in [2.45, 2.75) is 41.5 Å². The Kier molecular flexibility index (Phi) is 3.10. The van der Waals surface area contributed by atoms with Crippen LogP contribution in [-0.2, 0) is 0 Å². The first-order valence-corrected chi connectivity index (χ1v) is 7.60. The van der Waals surface area contributed by atoms with Crippen LogP contribution in [0.3, 0.4) is 0 Å². The number of aromatic hydroxyl groups is 2. The van der Waals surface area contributed by atoms with Crippen LogP contribution < -0.4 is 0 Å². The van der Waals surface area contributed by atoms with Crippen molar-refractivity contribution in [3.05, 3.63) is 45.5 Å². The minimum absolute atomic E-state index is 0.335. The molecule has 3 aromatic carbocycles. The summed E-state index contributed by atoms with van der Waals surface area (Å²) in [4.78, 5) is 0. The molecule has 3 rings (SSSR count). The molecule has 0 saturated heterocycles. The number of aryl methyl sites for hydroxylation is 6. The van der Waals surface area contributed by atoms with Crippen molar-refractivity contribution in [3.8, 4) is 11.5 Å². The van der Waals surface area contributed by atoms with E-state index in [2.05, 4.69) is 13.8 Å². The molecule has 0 aliphatic carbocycles. The summed E-state index contributed by atoms with van der Waals surface area (Å²) in [6, 6.07) is 3.69. The highest BCUT2D eigenvalue weighted by atomic mass is 16.3. The van der Waals surface area contributed by atoms with Crippen LogP contribution in [0.15, 0.2) is 12.1 Å². The van der Waals surface area contributed by atoms with Gasteiger partial charge in [0.1, 0.15) is 11.5 Å². The summed E-state index contributed by atoms with van der Waals surface area (Å²) >= 11 is 0. The minimum atomic E-state index is 0.335. The second-order valence-corrected chi connectivity index (χ2v) is 6.43. The summed E-state index contributed by atoms with van der Waals surface area (Å²) < 4.78 is 0. The lowest BCUT2D eigenvalue weighted by molar-refractivity contribution is 0.471. The van der Waals surface area contributed by atoms with E-state index in [1.165, 1.54) is 16.3 Å². The van der Waals surface area contributed by atoms with Crippen LogP contribution in [0.2, 0.25) is 0 Å². The number of hydrogen-bond acceptors (Lipinski definition) is 2. The van der Waals surface area contributed by atoms with Crippen LogP contribution in [0, 0.1) is 41.5 Å². The summed E-state index contributed by atoms with van der Waals surface area (Å²) in [6.45, 7) is 12.2. The molecule has 0 aliphatic rings. The van der Waals surface area contributed by atoms with E-state index >= 15 is 0 Å². The molecular formula is C20H22O2. The Morgan fingerprint density at radius 1 is 0.500 bits per heavy atom. The topological polar surface area (TPSA) is 40.5 Å². The molecule has 0 amide bonds. The van der Waals surface area contributed by atoms with Crippen molar-refractivity contribution in [2.24, 2.45) is 0 Å². The zero-order valence-corrected chi connectivity index (χ0v) is 14.0. The fourth-order valence-electron chi connectivity index (χ4n) is 3.95. The van der Waals surface area contributed by atoms with Crippen molar-refractivity contribution in [2.75, 3.05) is 0 Å². The fraction of sp³-hybridized carbons (Fsp3) is 0.300. The average Bonchev–Trinajstić information content (AvgIpc) is 2.44. The van der Waals surface area contributed by atoms with Gasteiger partial charge < -0.3 is 10.2 Å². The fourth-order valence-corrected chi connectivity index (χ4v) is 3.95. The third kappa shape index (κ3) is 1.73. The Balaban J connectivity index is 2.78. The van der Waals surface area contributed by atoms with E-state index < -0.39 is 0 Å². The maximum Gasteiger partial charge on any atom is 0.119 e. The van der Waals surface area contributed by atoms with E-state index in [0.717, 1.165) is 38.6 Å². The highest BCUT2D eigenvalue weighted by molar-refractivity contribution is 6.10. The molecule has 3 aromatic rings. The van der Waals surface area contributed by atoms with Crippen LogP contribution in [-0.4, -0.2) is 10.2 Å². The zero-order valence-electron chi connectivity index (χ0n) is 14.0. The lowest BCUT2D eigenvalue weighted by Crippen LogP contribution is -1.97. The van der Waals surface area contributed by atoms with Crippen molar-refractivity contribution in [3.63, 3.8) is 0 Å². The van der Waals surface area contributed by atoms with Gasteiger partial charge in [0.25, 0.3) is 0 Å². The van der Waals surface area contributed by atoms with Crippen molar-refractivity contribution >= 4 is 21.5 Å². The molecule has 0 spiro atoms. The number of hydrogen-bond donors (Lipinski definition) is 2. The average molecular weight is 294 g/mol. The Morgan fingerprint density at radius 3 is 1.18 bits per heavy atom. The normalized spacial score (nSPS) is 11.5. The highest BCUT2D eigenvalue weighted by Crippen LogP contribution is 2.42. The molecule has 22 heavy (non-hydrogen) atoms. The van der Waals surface area contributed by atoms with E-state index in [0.29, 0.717) is 11.5 Å². The minimum Gasteiger partial charge on any atom is -0.508 e. The third-order valence-corrected chi connectivity index (χ3v) is 5.01. The Labute approximate surface area is 131 Å². The van der Waals surface area contributed by atoms with Crippen LogP contribution in [0.25, 0.3) is 21.5 Å². The second-order valence-electron chi connectivity index (χ2n) is 6.43. The molecule has 0 aromatic heterocycles. The summed E-state index contributed by atoms with van der Waals surface area (Å²) in [6.07, 6.45) is 0. The highest BCUT2D eigenvalue weighted by Gasteiger charge is 2.18. The molecule has 0 bridgehead atoms. The second kappa shape index (κ2) is 4.64. The van der Waals surface area contributed by atoms with Crippen molar-refractivity contribution in [1.82, 2.24) is 0 Å². The van der Waals surface area contributed by atoms with Crippen molar-refractivity contribution < 1.29 is 10.2 Å². The standard InChI is InChI=1S/C20H22O2/c1-9-7-15(21)11(3)19-14(6)20-12(4)16(22)8-10(2)18(20)13(5)17(9)19/h7-8,21-22H,1-6H3. The van der Waals surface area contributed by atoms with Gasteiger partial charge in [-0.2, -0.15) is 0 Å². The summed E-state index contributed by atoms with van der Waals surface area (Å²) in [5.41, 5.74) is 6.34. The summed E-state index contributed by atoms with van der Waals surface area (Å²) in [5, 5.41) is 25.1. The molecular weight excluding hydrogens is 272 g/mol. The van der Waals surface area contributed by atoms with Gasteiger partial charge in [-0.3, -0.25) is 0 Å². The third-order valence-electron chi connectivity index (χ3n) is 5.01. The van der Waals surface area contributed by atoms with Gasteiger partial charge in [0.15, 0.2) is 0 Å². The van der Waals surface area contributed by atoms with Gasteiger partial charge in [-0.15, -0.1) is 0 Å². The van der Waals surface area contributed by atoms with Crippen molar-refractivity contribution in [1.29, 1.82) is 0 Å². The lowest BCUT2D eigenvalue weighted by atomic mass is 9.85. The van der Waals surface area contributed by atoms with Gasteiger partial charge in [-0.05, 0) is 109 Å². The van der Waals surface area contributed by atoms with E-state index in [4.69, 9.17) is 0 Å². The van der Waals surface area contributed by atoms with Crippen LogP contribution >= 0.6 is 0 Å². The van der Waals surface area contributed by atoms with Gasteiger partial charge in [0.05, 0.1) is 0 Å². The van der Waals surface area contributed by atoms with Crippen LogP contribution in [0.1, 0.15) is 33.4 Å². The number of phenols is 2. The Bertz CT molecular complexity index is 875. The number of benzene rings is 3. The first-order chi connectivity index (χ1) is 10.3. The molecule has 0 unspecified atom stereocenters. The van der Waals surface area contributed by atoms with E-state index in [-0.39, 0.29) is 0 Å². The van der Waals surface area contributed by atoms with Gasteiger partial charge in [-0.25, -0.2) is 0 Å². The SMILES string of the molecule is Cc1cc(O)c(C)c2c(C)c3c(C)c(O)cc(C)c3c(C)c12. The molecule has 0 heterocycles. The van der Waals surface area contributed by atoms with E-state index in [1.54, 1.807) is 0 Å². The predicted molar refractivity (Wildman–Crippen MR) is 93.2 cm³/mol.